The molecule has 2 aromatic rings. The molecule has 0 heterocycles. The fourth-order valence-corrected chi connectivity index (χ4v) is 1.92. The van der Waals surface area contributed by atoms with Crippen molar-refractivity contribution >= 4 is 17.4 Å². The smallest absolute Gasteiger partial charge is 0.319 e. The zero-order chi connectivity index (χ0) is 15.2. The Balaban J connectivity index is 1.84. The molecule has 21 heavy (non-hydrogen) atoms. The second-order valence-corrected chi connectivity index (χ2v) is 4.89. The maximum Gasteiger partial charge on any atom is 0.319 e. The van der Waals surface area contributed by atoms with Crippen molar-refractivity contribution in [3.05, 3.63) is 59.7 Å². The van der Waals surface area contributed by atoms with Crippen molar-refractivity contribution in [3.63, 3.8) is 0 Å². The number of aryl methyl sites for hydroxylation is 1. The summed E-state index contributed by atoms with van der Waals surface area (Å²) < 4.78 is 0. The van der Waals surface area contributed by atoms with E-state index in [1.54, 1.807) is 24.3 Å². The Morgan fingerprint density at radius 1 is 1.24 bits per heavy atom. The van der Waals surface area contributed by atoms with E-state index in [0.29, 0.717) is 11.3 Å². The quantitative estimate of drug-likeness (QED) is 0.651. The summed E-state index contributed by atoms with van der Waals surface area (Å²) in [5, 5.41) is 15.3. The van der Waals surface area contributed by atoms with Gasteiger partial charge in [0.15, 0.2) is 0 Å². The molecule has 0 bridgehead atoms. The molecule has 110 valence electrons. The van der Waals surface area contributed by atoms with Crippen LogP contribution in [0.5, 0.6) is 0 Å². The van der Waals surface area contributed by atoms with Crippen molar-refractivity contribution in [2.75, 3.05) is 17.6 Å². The molecule has 2 aromatic carbocycles. The first-order chi connectivity index (χ1) is 10.0. The lowest BCUT2D eigenvalue weighted by Crippen LogP contribution is -2.32. The van der Waals surface area contributed by atoms with Crippen molar-refractivity contribution in [2.24, 2.45) is 0 Å². The number of carbonyl (C=O) groups is 1. The molecule has 5 heteroatoms. The minimum Gasteiger partial charge on any atom is -0.399 e. The van der Waals surface area contributed by atoms with E-state index in [-0.39, 0.29) is 12.6 Å². The van der Waals surface area contributed by atoms with Crippen LogP contribution in [-0.2, 0) is 0 Å². The van der Waals surface area contributed by atoms with Gasteiger partial charge in [0.25, 0.3) is 0 Å². The molecular formula is C16H19N3O2. The third kappa shape index (κ3) is 4.50. The predicted octanol–water partition coefficient (Wildman–Crippen LogP) is 2.43. The molecular weight excluding hydrogens is 266 g/mol. The van der Waals surface area contributed by atoms with Gasteiger partial charge in [-0.1, -0.05) is 24.3 Å². The molecule has 0 fully saturated rings. The first kappa shape index (κ1) is 14.9. The van der Waals surface area contributed by atoms with Crippen LogP contribution in [0.3, 0.4) is 0 Å². The van der Waals surface area contributed by atoms with Gasteiger partial charge in [0.2, 0.25) is 0 Å². The van der Waals surface area contributed by atoms with Crippen molar-refractivity contribution in [1.29, 1.82) is 0 Å². The summed E-state index contributed by atoms with van der Waals surface area (Å²) >= 11 is 0. The van der Waals surface area contributed by atoms with Crippen LogP contribution in [0.2, 0.25) is 0 Å². The lowest BCUT2D eigenvalue weighted by Gasteiger charge is -2.13. The molecule has 5 N–H and O–H groups in total. The molecule has 5 nitrogen and oxygen atoms in total. The molecule has 0 saturated carbocycles. The topological polar surface area (TPSA) is 87.4 Å². The molecule has 0 aliphatic heterocycles. The number of aliphatic hydroxyl groups is 1. The van der Waals surface area contributed by atoms with Gasteiger partial charge < -0.3 is 21.5 Å². The summed E-state index contributed by atoms with van der Waals surface area (Å²) in [6.07, 6.45) is -0.770. The highest BCUT2D eigenvalue weighted by Crippen LogP contribution is 2.14. The fraction of sp³-hybridized carbons (Fsp3) is 0.188. The van der Waals surface area contributed by atoms with Crippen molar-refractivity contribution in [3.8, 4) is 0 Å². The minimum atomic E-state index is -0.770. The van der Waals surface area contributed by atoms with Crippen molar-refractivity contribution in [2.45, 2.75) is 13.0 Å². The van der Waals surface area contributed by atoms with Gasteiger partial charge in [-0.3, -0.25) is 0 Å². The highest BCUT2D eigenvalue weighted by atomic mass is 16.3. The molecule has 0 aliphatic rings. The Bertz CT molecular complexity index is 611. The lowest BCUT2D eigenvalue weighted by molar-refractivity contribution is 0.175. The number of amides is 2. The first-order valence-electron chi connectivity index (χ1n) is 6.69. The van der Waals surface area contributed by atoms with E-state index in [0.717, 1.165) is 11.3 Å². The molecule has 1 atom stereocenters. The third-order valence-corrected chi connectivity index (χ3v) is 3.05. The average Bonchev–Trinajstić information content (AvgIpc) is 2.45. The molecule has 0 aromatic heterocycles. The maximum absolute atomic E-state index is 11.8. The number of nitrogens with one attached hydrogen (secondary N) is 2. The van der Waals surface area contributed by atoms with E-state index in [4.69, 9.17) is 5.73 Å². The number of benzene rings is 2. The Morgan fingerprint density at radius 3 is 2.62 bits per heavy atom. The van der Waals surface area contributed by atoms with Gasteiger partial charge in [-0.05, 0) is 42.3 Å². The van der Waals surface area contributed by atoms with Crippen LogP contribution in [0.4, 0.5) is 16.2 Å². The number of hydrogen-bond acceptors (Lipinski definition) is 3. The average molecular weight is 285 g/mol. The number of aliphatic hydroxyl groups excluding tert-OH is 1. The van der Waals surface area contributed by atoms with Crippen LogP contribution in [0.1, 0.15) is 17.2 Å². The number of hydrogen-bond donors (Lipinski definition) is 4. The lowest BCUT2D eigenvalue weighted by atomic mass is 10.1. The van der Waals surface area contributed by atoms with E-state index in [1.807, 2.05) is 31.2 Å². The number of nitrogen functional groups attached to an aromatic ring is 1. The number of carbonyl (C=O) groups excluding carboxylic acids is 1. The van der Waals surface area contributed by atoms with Crippen molar-refractivity contribution < 1.29 is 9.90 Å². The molecule has 0 spiro atoms. The molecule has 0 saturated heterocycles. The predicted molar refractivity (Wildman–Crippen MR) is 84.0 cm³/mol. The summed E-state index contributed by atoms with van der Waals surface area (Å²) in [7, 11) is 0. The van der Waals surface area contributed by atoms with Gasteiger partial charge in [0.05, 0.1) is 6.10 Å². The summed E-state index contributed by atoms with van der Waals surface area (Å²) in [5.41, 5.74) is 8.71. The second kappa shape index (κ2) is 6.76. The van der Waals surface area contributed by atoms with Crippen LogP contribution < -0.4 is 16.4 Å². The summed E-state index contributed by atoms with van der Waals surface area (Å²) in [6.45, 7) is 2.08. The Kier molecular flexibility index (Phi) is 4.79. The van der Waals surface area contributed by atoms with Crippen LogP contribution in [-0.4, -0.2) is 17.7 Å². The zero-order valence-electron chi connectivity index (χ0n) is 11.8. The number of nitrogens with two attached hydrogens (primary N) is 1. The molecule has 0 radical (unpaired) electrons. The third-order valence-electron chi connectivity index (χ3n) is 3.05. The normalized spacial score (nSPS) is 11.7. The summed E-state index contributed by atoms with van der Waals surface area (Å²) in [4.78, 5) is 11.8. The number of rotatable bonds is 4. The highest BCUT2D eigenvalue weighted by molar-refractivity contribution is 5.89. The summed E-state index contributed by atoms with van der Waals surface area (Å²) in [6, 6.07) is 14.0. The first-order valence-corrected chi connectivity index (χ1v) is 6.69. The molecule has 2 rings (SSSR count). The van der Waals surface area contributed by atoms with Crippen molar-refractivity contribution in [1.82, 2.24) is 5.32 Å². The summed E-state index contributed by atoms with van der Waals surface area (Å²) in [5.74, 6) is 0. The minimum absolute atomic E-state index is 0.127. The molecule has 0 aliphatic carbocycles. The number of anilines is 2. The van der Waals surface area contributed by atoms with E-state index < -0.39 is 6.10 Å². The fourth-order valence-electron chi connectivity index (χ4n) is 1.92. The maximum atomic E-state index is 11.8. The van der Waals surface area contributed by atoms with Gasteiger partial charge in [0.1, 0.15) is 0 Å². The largest absolute Gasteiger partial charge is 0.399 e. The van der Waals surface area contributed by atoms with Gasteiger partial charge in [-0.15, -0.1) is 0 Å². The zero-order valence-corrected chi connectivity index (χ0v) is 11.8. The number of urea groups is 1. The Labute approximate surface area is 123 Å². The van der Waals surface area contributed by atoms with Gasteiger partial charge >= 0.3 is 6.03 Å². The van der Waals surface area contributed by atoms with Crippen LogP contribution in [0.25, 0.3) is 0 Å². The van der Waals surface area contributed by atoms with Gasteiger partial charge in [0, 0.05) is 17.9 Å². The van der Waals surface area contributed by atoms with Crippen LogP contribution in [0.15, 0.2) is 48.5 Å². The van der Waals surface area contributed by atoms with Gasteiger partial charge in [-0.25, -0.2) is 4.79 Å². The van der Waals surface area contributed by atoms with Gasteiger partial charge in [-0.2, -0.15) is 0 Å². The molecule has 1 unspecified atom stereocenters. The standard InChI is InChI=1S/C16H19N3O2/c1-11-3-2-4-14(9-11)19-16(21)18-10-15(20)12-5-7-13(17)8-6-12/h2-9,15,20H,10,17H2,1H3,(H2,18,19,21). The van der Waals surface area contributed by atoms with E-state index >= 15 is 0 Å². The second-order valence-electron chi connectivity index (χ2n) is 4.89. The van der Waals surface area contributed by atoms with Crippen LogP contribution >= 0.6 is 0 Å². The Morgan fingerprint density at radius 2 is 1.95 bits per heavy atom. The molecule has 2 amide bonds. The van der Waals surface area contributed by atoms with E-state index in [9.17, 15) is 9.90 Å². The SMILES string of the molecule is Cc1cccc(NC(=O)NCC(O)c2ccc(N)cc2)c1. The highest BCUT2D eigenvalue weighted by Gasteiger charge is 2.09. The van der Waals surface area contributed by atoms with E-state index in [2.05, 4.69) is 10.6 Å². The monoisotopic (exact) mass is 285 g/mol. The van der Waals surface area contributed by atoms with E-state index in [1.165, 1.54) is 0 Å². The Hall–Kier alpha value is -2.53. The van der Waals surface area contributed by atoms with Crippen LogP contribution in [0, 0.1) is 6.92 Å².